The molecule has 1 atom stereocenters. The normalized spacial score (nSPS) is 13.8. The Kier molecular flexibility index (Phi) is 8.70. The molecule has 0 amide bonds. The number of hydrogen-bond acceptors (Lipinski definition) is 1. The van der Waals surface area contributed by atoms with Crippen LogP contribution in [-0.2, 0) is 0 Å². The molecule has 0 aliphatic carbocycles. The van der Waals surface area contributed by atoms with Gasteiger partial charge in [0, 0.05) is 4.91 Å². The van der Waals surface area contributed by atoms with Crippen LogP contribution in [0.5, 0.6) is 0 Å². The molecule has 1 unspecified atom stereocenters. The van der Waals surface area contributed by atoms with E-state index in [1.165, 1.54) is 10.4 Å². The van der Waals surface area contributed by atoms with E-state index in [1.54, 1.807) is 11.8 Å². The molecule has 0 aromatic rings. The van der Waals surface area contributed by atoms with Crippen LogP contribution in [0.3, 0.4) is 0 Å². The van der Waals surface area contributed by atoms with Crippen LogP contribution in [0.1, 0.15) is 13.8 Å². The lowest BCUT2D eigenvalue weighted by Crippen LogP contribution is -1.94. The molecule has 0 saturated carbocycles. The Morgan fingerprint density at radius 2 is 2.00 bits per heavy atom. The van der Waals surface area contributed by atoms with E-state index in [0.717, 1.165) is 13.3 Å². The Morgan fingerprint density at radius 1 is 1.31 bits per heavy atom. The first-order chi connectivity index (χ1) is 6.28. The predicted octanol–water partition coefficient (Wildman–Crippen LogP) is 2.98. The zero-order valence-corrected chi connectivity index (χ0v) is 10.7. The Hall–Kier alpha value is 0.0649. The molecule has 0 rings (SSSR count). The molecule has 72 valence electrons. The summed E-state index contributed by atoms with van der Waals surface area (Å²) in [5.74, 6) is 0. The summed E-state index contributed by atoms with van der Waals surface area (Å²) in [6.07, 6.45) is 10.8. The molecule has 0 saturated heterocycles. The van der Waals surface area contributed by atoms with Crippen LogP contribution in [0.2, 0.25) is 0 Å². The topological polar surface area (TPSA) is 0 Å². The highest BCUT2D eigenvalue weighted by Gasteiger charge is 1.91. The second kappa shape index (κ2) is 8.65. The Bertz CT molecular complexity index is 219. The van der Waals surface area contributed by atoms with E-state index in [1.807, 2.05) is 0 Å². The van der Waals surface area contributed by atoms with Gasteiger partial charge in [0.2, 0.25) is 0 Å². The maximum Gasteiger partial charge on any atom is 0.161 e. The number of thioether (sulfide) groups is 1. The van der Waals surface area contributed by atoms with Gasteiger partial charge in [0.05, 0.1) is 0 Å². The molecular formula is C10H18BPS. The van der Waals surface area contributed by atoms with Crippen LogP contribution in [0.15, 0.2) is 34.7 Å². The molecule has 0 radical (unpaired) electrons. The van der Waals surface area contributed by atoms with Gasteiger partial charge in [-0.05, 0) is 26.2 Å². The van der Waals surface area contributed by atoms with Crippen LogP contribution >= 0.6 is 21.0 Å². The molecule has 0 fully saturated rings. The summed E-state index contributed by atoms with van der Waals surface area (Å²) in [6.45, 7) is 4.16. The average Bonchev–Trinajstić information content (AvgIpc) is 2.17. The molecule has 0 aromatic carbocycles. The minimum atomic E-state index is 1.13. The molecule has 0 aromatic heterocycles. The second-order valence-corrected chi connectivity index (χ2v) is 4.09. The van der Waals surface area contributed by atoms with E-state index in [2.05, 4.69) is 53.6 Å². The Labute approximate surface area is 89.4 Å². The van der Waals surface area contributed by atoms with Crippen molar-refractivity contribution in [2.45, 2.75) is 13.8 Å². The van der Waals surface area contributed by atoms with Crippen molar-refractivity contribution in [3.63, 3.8) is 0 Å². The van der Waals surface area contributed by atoms with E-state index in [-0.39, 0.29) is 0 Å². The molecular weight excluding hydrogens is 194 g/mol. The fourth-order valence-corrected chi connectivity index (χ4v) is 1.74. The maximum absolute atomic E-state index is 2.76. The summed E-state index contributed by atoms with van der Waals surface area (Å²) in [5.41, 5.74) is 1.41. The van der Waals surface area contributed by atoms with Gasteiger partial charge in [-0.25, -0.2) is 0 Å². The number of hydrogen-bond donors (Lipinski definition) is 0. The van der Waals surface area contributed by atoms with Crippen molar-refractivity contribution in [3.8, 4) is 0 Å². The lowest BCUT2D eigenvalue weighted by atomic mass is 9.72. The highest BCUT2D eigenvalue weighted by atomic mass is 32.2. The van der Waals surface area contributed by atoms with Gasteiger partial charge in [-0.3, -0.25) is 0 Å². The van der Waals surface area contributed by atoms with Gasteiger partial charge in [-0.1, -0.05) is 29.8 Å². The average molecular weight is 212 g/mol. The van der Waals surface area contributed by atoms with Crippen molar-refractivity contribution in [2.24, 2.45) is 0 Å². The largest absolute Gasteiger partial charge is 0.161 e. The van der Waals surface area contributed by atoms with Crippen molar-refractivity contribution >= 4 is 28.3 Å². The van der Waals surface area contributed by atoms with E-state index in [0.29, 0.717) is 0 Å². The molecule has 0 nitrogen and oxygen atoms in total. The van der Waals surface area contributed by atoms with E-state index < -0.39 is 0 Å². The fraction of sp³-hybridized carbons (Fsp3) is 0.400. The van der Waals surface area contributed by atoms with Gasteiger partial charge in [-0.15, -0.1) is 21.0 Å². The van der Waals surface area contributed by atoms with Crippen LogP contribution in [0.4, 0.5) is 0 Å². The second-order valence-electron chi connectivity index (χ2n) is 2.63. The summed E-state index contributed by atoms with van der Waals surface area (Å²) in [4.78, 5) is 1.32. The monoisotopic (exact) mass is 212 g/mol. The molecule has 0 aliphatic rings. The molecule has 13 heavy (non-hydrogen) atoms. The van der Waals surface area contributed by atoms with Crippen molar-refractivity contribution < 1.29 is 0 Å². The first-order valence-corrected chi connectivity index (χ1v) is 6.56. The standard InChI is InChI=1S/C10H18BPS/c1-4-9(11-8-12)6-7-10(5-2)13-3/h4-7,11H,8,12H2,1-3H3/b7-6-,9-4+,10-5+. The molecule has 3 heteroatoms. The lowest BCUT2D eigenvalue weighted by Gasteiger charge is -1.97. The van der Waals surface area contributed by atoms with Crippen molar-refractivity contribution in [1.82, 2.24) is 0 Å². The summed E-state index contributed by atoms with van der Waals surface area (Å²) < 4.78 is 0. The van der Waals surface area contributed by atoms with E-state index in [9.17, 15) is 0 Å². The van der Waals surface area contributed by atoms with Crippen LogP contribution in [0, 0.1) is 0 Å². The maximum atomic E-state index is 2.76. The molecule has 0 bridgehead atoms. The van der Waals surface area contributed by atoms with Gasteiger partial charge < -0.3 is 0 Å². The predicted molar refractivity (Wildman–Crippen MR) is 71.9 cm³/mol. The fourth-order valence-electron chi connectivity index (χ4n) is 0.962. The van der Waals surface area contributed by atoms with Gasteiger partial charge >= 0.3 is 0 Å². The molecule has 0 spiro atoms. The van der Waals surface area contributed by atoms with E-state index in [4.69, 9.17) is 0 Å². The van der Waals surface area contributed by atoms with Gasteiger partial charge in [0.15, 0.2) is 7.28 Å². The van der Waals surface area contributed by atoms with Crippen molar-refractivity contribution in [1.29, 1.82) is 0 Å². The lowest BCUT2D eigenvalue weighted by molar-refractivity contribution is 1.65. The van der Waals surface area contributed by atoms with Crippen LogP contribution < -0.4 is 0 Å². The summed E-state index contributed by atoms with van der Waals surface area (Å²) in [7, 11) is 3.90. The molecule has 0 N–H and O–H groups in total. The van der Waals surface area contributed by atoms with Crippen LogP contribution in [-0.4, -0.2) is 19.6 Å². The smallest absolute Gasteiger partial charge is 0.145 e. The SMILES string of the molecule is C\C=C(BCP)/C=C\C(=C/C)SC. The minimum absolute atomic E-state index is 1.13. The zero-order valence-electron chi connectivity index (χ0n) is 8.71. The Morgan fingerprint density at radius 3 is 2.38 bits per heavy atom. The summed E-state index contributed by atoms with van der Waals surface area (Å²) >= 11 is 1.78. The third kappa shape index (κ3) is 6.18. The third-order valence-electron chi connectivity index (χ3n) is 1.79. The number of rotatable bonds is 5. The van der Waals surface area contributed by atoms with Gasteiger partial charge in [-0.2, -0.15) is 0 Å². The van der Waals surface area contributed by atoms with E-state index >= 15 is 0 Å². The summed E-state index contributed by atoms with van der Waals surface area (Å²) in [5, 5.41) is 0. The molecule has 0 aliphatic heterocycles. The van der Waals surface area contributed by atoms with Crippen LogP contribution in [0.25, 0.3) is 0 Å². The summed E-state index contributed by atoms with van der Waals surface area (Å²) in [6, 6.07) is 1.13. The minimum Gasteiger partial charge on any atom is -0.145 e. The first-order valence-electron chi connectivity index (χ1n) is 4.52. The van der Waals surface area contributed by atoms with Crippen molar-refractivity contribution in [3.05, 3.63) is 34.7 Å². The van der Waals surface area contributed by atoms with Crippen molar-refractivity contribution in [2.75, 3.05) is 12.3 Å². The number of allylic oxidation sites excluding steroid dienone is 5. The molecule has 0 heterocycles. The highest BCUT2D eigenvalue weighted by molar-refractivity contribution is 8.02. The van der Waals surface area contributed by atoms with Gasteiger partial charge in [0.1, 0.15) is 0 Å². The first kappa shape index (κ1) is 13.1. The zero-order chi connectivity index (χ0) is 10.1. The Balaban J connectivity index is 4.22. The third-order valence-corrected chi connectivity index (χ3v) is 2.92. The quantitative estimate of drug-likeness (QED) is 0.383. The van der Waals surface area contributed by atoms with Gasteiger partial charge in [0.25, 0.3) is 0 Å². The highest BCUT2D eigenvalue weighted by Crippen LogP contribution is 2.13.